The maximum Gasteiger partial charge on any atom is 0.255 e. The average molecular weight is 331 g/mol. The second kappa shape index (κ2) is 7.53. The van der Waals surface area contributed by atoms with Crippen molar-refractivity contribution < 1.29 is 4.79 Å². The number of pyridine rings is 2. The zero-order valence-corrected chi connectivity index (χ0v) is 13.6. The molecule has 3 rings (SSSR count). The molecule has 5 nitrogen and oxygen atoms in total. The number of carbonyl (C=O) groups excluding carboxylic acids is 1. The summed E-state index contributed by atoms with van der Waals surface area (Å²) in [7, 11) is 0. The molecule has 1 amide bonds. The van der Waals surface area contributed by atoms with Gasteiger partial charge in [0.1, 0.15) is 0 Å². The van der Waals surface area contributed by atoms with Crippen molar-refractivity contribution >= 4 is 17.5 Å². The number of aromatic nitrogens is 2. The van der Waals surface area contributed by atoms with E-state index in [1.165, 1.54) is 6.20 Å². The van der Waals surface area contributed by atoms with Crippen LogP contribution in [0.3, 0.4) is 0 Å². The highest BCUT2D eigenvalue weighted by Crippen LogP contribution is 2.13. The van der Waals surface area contributed by atoms with Gasteiger partial charge in [-0.3, -0.25) is 19.7 Å². The summed E-state index contributed by atoms with van der Waals surface area (Å²) in [4.78, 5) is 25.2. The largest absolute Gasteiger partial charge is 0.337 e. The van der Waals surface area contributed by atoms with Gasteiger partial charge in [0, 0.05) is 51.3 Å². The predicted molar refractivity (Wildman–Crippen MR) is 89.3 cm³/mol. The van der Waals surface area contributed by atoms with E-state index in [1.807, 2.05) is 29.3 Å². The monoisotopic (exact) mass is 330 g/mol. The van der Waals surface area contributed by atoms with Crippen LogP contribution in [0.4, 0.5) is 0 Å². The zero-order chi connectivity index (χ0) is 16.1. The van der Waals surface area contributed by atoms with Crippen molar-refractivity contribution in [3.63, 3.8) is 0 Å². The van der Waals surface area contributed by atoms with E-state index in [-0.39, 0.29) is 5.91 Å². The number of halogens is 1. The molecule has 0 unspecified atom stereocenters. The first kappa shape index (κ1) is 15.9. The number of hydrogen-bond acceptors (Lipinski definition) is 4. The Labute approximate surface area is 140 Å². The molecular formula is C17H19ClN4O. The van der Waals surface area contributed by atoms with Gasteiger partial charge in [0.25, 0.3) is 5.91 Å². The molecule has 0 N–H and O–H groups in total. The molecule has 0 aliphatic carbocycles. The molecule has 0 radical (unpaired) electrons. The van der Waals surface area contributed by atoms with Gasteiger partial charge in [-0.2, -0.15) is 0 Å². The topological polar surface area (TPSA) is 49.3 Å². The molecule has 1 saturated heterocycles. The summed E-state index contributed by atoms with van der Waals surface area (Å²) in [6.45, 7) is 4.09. The van der Waals surface area contributed by atoms with Crippen molar-refractivity contribution in [1.82, 2.24) is 19.8 Å². The van der Waals surface area contributed by atoms with Crippen molar-refractivity contribution in [2.45, 2.75) is 13.0 Å². The van der Waals surface area contributed by atoms with Gasteiger partial charge in [-0.05, 0) is 24.6 Å². The van der Waals surface area contributed by atoms with Crippen LogP contribution in [0.5, 0.6) is 0 Å². The number of carbonyl (C=O) groups is 1. The van der Waals surface area contributed by atoms with E-state index in [4.69, 9.17) is 11.6 Å². The summed E-state index contributed by atoms with van der Waals surface area (Å²) >= 11 is 5.93. The van der Waals surface area contributed by atoms with Gasteiger partial charge in [-0.1, -0.05) is 17.7 Å². The smallest absolute Gasteiger partial charge is 0.255 e. The lowest BCUT2D eigenvalue weighted by Gasteiger charge is -2.21. The molecule has 6 heteroatoms. The minimum Gasteiger partial charge on any atom is -0.337 e. The highest BCUT2D eigenvalue weighted by molar-refractivity contribution is 6.30. The van der Waals surface area contributed by atoms with Crippen molar-refractivity contribution in [2.24, 2.45) is 0 Å². The van der Waals surface area contributed by atoms with E-state index in [0.717, 1.165) is 38.3 Å². The quantitative estimate of drug-likeness (QED) is 0.867. The Balaban J connectivity index is 1.61. The summed E-state index contributed by atoms with van der Waals surface area (Å²) < 4.78 is 0. The molecule has 0 spiro atoms. The van der Waals surface area contributed by atoms with Crippen LogP contribution in [0.1, 0.15) is 22.5 Å². The molecule has 1 aliphatic heterocycles. The first-order valence-electron chi connectivity index (χ1n) is 7.74. The van der Waals surface area contributed by atoms with E-state index in [2.05, 4.69) is 14.9 Å². The van der Waals surface area contributed by atoms with Crippen LogP contribution in [0.25, 0.3) is 0 Å². The molecule has 0 atom stereocenters. The van der Waals surface area contributed by atoms with Gasteiger partial charge in [-0.15, -0.1) is 0 Å². The van der Waals surface area contributed by atoms with E-state index in [0.29, 0.717) is 17.1 Å². The Bertz CT molecular complexity index is 665. The second-order valence-electron chi connectivity index (χ2n) is 5.63. The Kier molecular flexibility index (Phi) is 5.20. The normalized spacial score (nSPS) is 16.1. The molecule has 3 heterocycles. The highest BCUT2D eigenvalue weighted by Gasteiger charge is 2.20. The van der Waals surface area contributed by atoms with Crippen molar-refractivity contribution in [3.8, 4) is 0 Å². The first-order valence-corrected chi connectivity index (χ1v) is 8.12. The molecule has 2 aromatic rings. The van der Waals surface area contributed by atoms with Gasteiger partial charge >= 0.3 is 0 Å². The number of rotatable bonds is 3. The van der Waals surface area contributed by atoms with Crippen LogP contribution in [0.2, 0.25) is 5.02 Å². The molecule has 2 aromatic heterocycles. The predicted octanol–water partition coefficient (Wildman–Crippen LogP) is 2.48. The minimum atomic E-state index is -0.000291. The van der Waals surface area contributed by atoms with E-state index >= 15 is 0 Å². The standard InChI is InChI=1S/C17H19ClN4O/c18-15-10-14(11-19-12-15)17(23)22-7-3-6-21(8-9-22)13-16-4-1-2-5-20-16/h1-2,4-5,10-12H,3,6-9,13H2. The number of nitrogens with zero attached hydrogens (tertiary/aromatic N) is 4. The van der Waals surface area contributed by atoms with Gasteiger partial charge in [0.15, 0.2) is 0 Å². The summed E-state index contributed by atoms with van der Waals surface area (Å²) in [6, 6.07) is 7.63. The summed E-state index contributed by atoms with van der Waals surface area (Å²) in [6.07, 6.45) is 5.88. The molecule has 0 bridgehead atoms. The van der Waals surface area contributed by atoms with Crippen LogP contribution in [-0.4, -0.2) is 51.9 Å². The summed E-state index contributed by atoms with van der Waals surface area (Å²) in [5.41, 5.74) is 1.61. The Morgan fingerprint density at radius 3 is 2.87 bits per heavy atom. The second-order valence-corrected chi connectivity index (χ2v) is 6.07. The zero-order valence-electron chi connectivity index (χ0n) is 12.9. The van der Waals surface area contributed by atoms with Crippen LogP contribution in [-0.2, 0) is 6.54 Å². The molecule has 0 saturated carbocycles. The third kappa shape index (κ3) is 4.27. The van der Waals surface area contributed by atoms with Gasteiger partial charge in [0.05, 0.1) is 16.3 Å². The lowest BCUT2D eigenvalue weighted by molar-refractivity contribution is 0.0760. The third-order valence-corrected chi connectivity index (χ3v) is 4.15. The van der Waals surface area contributed by atoms with Crippen LogP contribution < -0.4 is 0 Å². The molecule has 1 aliphatic rings. The first-order chi connectivity index (χ1) is 11.2. The van der Waals surface area contributed by atoms with E-state index < -0.39 is 0 Å². The molecule has 120 valence electrons. The maximum atomic E-state index is 12.6. The highest BCUT2D eigenvalue weighted by atomic mass is 35.5. The van der Waals surface area contributed by atoms with Crippen LogP contribution in [0.15, 0.2) is 42.9 Å². The molecule has 23 heavy (non-hydrogen) atoms. The van der Waals surface area contributed by atoms with Gasteiger partial charge < -0.3 is 4.90 Å². The fraction of sp³-hybridized carbons (Fsp3) is 0.353. The molecular weight excluding hydrogens is 312 g/mol. The molecule has 0 aromatic carbocycles. The number of hydrogen-bond donors (Lipinski definition) is 0. The Morgan fingerprint density at radius 2 is 2.09 bits per heavy atom. The van der Waals surface area contributed by atoms with E-state index in [9.17, 15) is 4.79 Å². The van der Waals surface area contributed by atoms with Gasteiger partial charge in [-0.25, -0.2) is 0 Å². The fourth-order valence-corrected chi connectivity index (χ4v) is 2.94. The minimum absolute atomic E-state index is 0.000291. The fourth-order valence-electron chi connectivity index (χ4n) is 2.76. The lowest BCUT2D eigenvalue weighted by atomic mass is 10.2. The van der Waals surface area contributed by atoms with Crippen LogP contribution in [0, 0.1) is 0 Å². The Morgan fingerprint density at radius 1 is 1.17 bits per heavy atom. The van der Waals surface area contributed by atoms with E-state index in [1.54, 1.807) is 12.3 Å². The maximum absolute atomic E-state index is 12.6. The van der Waals surface area contributed by atoms with Crippen LogP contribution >= 0.6 is 11.6 Å². The number of amides is 1. The Hall–Kier alpha value is -1.98. The SMILES string of the molecule is O=C(c1cncc(Cl)c1)N1CCCN(Cc2ccccn2)CC1. The summed E-state index contributed by atoms with van der Waals surface area (Å²) in [5, 5.41) is 0.488. The lowest BCUT2D eigenvalue weighted by Crippen LogP contribution is -2.35. The van der Waals surface area contributed by atoms with Gasteiger partial charge in [0.2, 0.25) is 0 Å². The van der Waals surface area contributed by atoms with Crippen molar-refractivity contribution in [1.29, 1.82) is 0 Å². The summed E-state index contributed by atoms with van der Waals surface area (Å²) in [5.74, 6) is -0.000291. The van der Waals surface area contributed by atoms with Crippen molar-refractivity contribution in [3.05, 3.63) is 59.1 Å². The third-order valence-electron chi connectivity index (χ3n) is 3.94. The van der Waals surface area contributed by atoms with Crippen molar-refractivity contribution in [2.75, 3.05) is 26.2 Å². The molecule has 1 fully saturated rings. The average Bonchev–Trinajstić information content (AvgIpc) is 2.81.